The van der Waals surface area contributed by atoms with Crippen LogP contribution in [0.4, 0.5) is 4.39 Å². The third-order valence-electron chi connectivity index (χ3n) is 3.81. The smallest absolute Gasteiger partial charge is 0.191 e. The van der Waals surface area contributed by atoms with Gasteiger partial charge in [-0.1, -0.05) is 48.2 Å². The molecule has 0 amide bonds. The number of nitrogens with zero attached hydrogens (tertiary/aromatic N) is 3. The molecule has 0 aliphatic rings. The Bertz CT molecular complexity index is 891. The maximum absolute atomic E-state index is 13.0. The van der Waals surface area contributed by atoms with Gasteiger partial charge >= 0.3 is 0 Å². The van der Waals surface area contributed by atoms with Crippen molar-refractivity contribution in [2.45, 2.75) is 18.1 Å². The minimum atomic E-state index is -0.356. The van der Waals surface area contributed by atoms with Crippen LogP contribution in [-0.2, 0) is 13.0 Å². The summed E-state index contributed by atoms with van der Waals surface area (Å²) in [5.41, 5.74) is 1.63. The molecule has 132 valence electrons. The zero-order valence-electron chi connectivity index (χ0n) is 14.1. The van der Waals surface area contributed by atoms with Crippen LogP contribution in [0.3, 0.4) is 0 Å². The van der Waals surface area contributed by atoms with Crippen molar-refractivity contribution in [1.82, 2.24) is 14.8 Å². The van der Waals surface area contributed by atoms with Crippen molar-refractivity contribution >= 4 is 17.5 Å². The average molecular weight is 367 g/mol. The normalized spacial score (nSPS) is 10.7. The van der Waals surface area contributed by atoms with Gasteiger partial charge in [0, 0.05) is 18.5 Å². The van der Waals surface area contributed by atoms with E-state index in [2.05, 4.69) is 16.8 Å². The van der Waals surface area contributed by atoms with Gasteiger partial charge in [0.15, 0.2) is 10.9 Å². The number of halogens is 1. The summed E-state index contributed by atoms with van der Waals surface area (Å²) in [4.78, 5) is 12.3. The molecule has 6 heteroatoms. The molecule has 0 spiro atoms. The van der Waals surface area contributed by atoms with Gasteiger partial charge in [0.05, 0.1) is 5.75 Å². The van der Waals surface area contributed by atoms with Gasteiger partial charge in [0.25, 0.3) is 0 Å². The maximum atomic E-state index is 13.0. The predicted octanol–water partition coefficient (Wildman–Crippen LogP) is 4.17. The number of benzene rings is 2. The molecule has 1 aromatic heterocycles. The number of carbonyl (C=O) groups is 1. The van der Waals surface area contributed by atoms with E-state index in [1.54, 1.807) is 6.08 Å². The summed E-state index contributed by atoms with van der Waals surface area (Å²) in [7, 11) is 0. The van der Waals surface area contributed by atoms with Crippen LogP contribution in [0, 0.1) is 5.82 Å². The maximum Gasteiger partial charge on any atom is 0.191 e. The van der Waals surface area contributed by atoms with E-state index in [4.69, 9.17) is 0 Å². The van der Waals surface area contributed by atoms with Crippen molar-refractivity contribution in [1.29, 1.82) is 0 Å². The Labute approximate surface area is 155 Å². The monoisotopic (exact) mass is 367 g/mol. The van der Waals surface area contributed by atoms with E-state index < -0.39 is 0 Å². The number of ketones is 1. The molecule has 0 N–H and O–H groups in total. The van der Waals surface area contributed by atoms with Crippen LogP contribution in [0.5, 0.6) is 0 Å². The molecular formula is C20H18FN3OS. The van der Waals surface area contributed by atoms with Gasteiger partial charge < -0.3 is 4.57 Å². The van der Waals surface area contributed by atoms with Crippen LogP contribution in [0.2, 0.25) is 0 Å². The number of hydrogen-bond acceptors (Lipinski definition) is 4. The number of Topliss-reactive ketones (excluding diaryl/α,β-unsaturated/α-hetero) is 1. The highest BCUT2D eigenvalue weighted by Gasteiger charge is 2.14. The number of allylic oxidation sites excluding steroid dienone is 1. The summed E-state index contributed by atoms with van der Waals surface area (Å²) in [6.45, 7) is 4.36. The van der Waals surface area contributed by atoms with Crippen molar-refractivity contribution in [2.24, 2.45) is 0 Å². The minimum absolute atomic E-state index is 0.0761. The first kappa shape index (κ1) is 18.1. The Morgan fingerprint density at radius 2 is 1.85 bits per heavy atom. The topological polar surface area (TPSA) is 47.8 Å². The summed E-state index contributed by atoms with van der Waals surface area (Å²) in [6.07, 6.45) is 2.44. The number of aromatic nitrogens is 3. The quantitative estimate of drug-likeness (QED) is 0.341. The number of rotatable bonds is 8. The summed E-state index contributed by atoms with van der Waals surface area (Å²) < 4.78 is 14.9. The SMILES string of the molecule is C=CCn1c(Cc2ccccc2)nnc1SCC(=O)c1ccc(F)cc1. The van der Waals surface area contributed by atoms with E-state index in [1.807, 2.05) is 34.9 Å². The molecule has 0 radical (unpaired) electrons. The minimum Gasteiger partial charge on any atom is -0.302 e. The fourth-order valence-corrected chi connectivity index (χ4v) is 3.36. The van der Waals surface area contributed by atoms with Crippen LogP contribution in [0.15, 0.2) is 72.4 Å². The molecule has 4 nitrogen and oxygen atoms in total. The lowest BCUT2D eigenvalue weighted by Crippen LogP contribution is -2.07. The Hall–Kier alpha value is -2.73. The molecule has 0 saturated heterocycles. The molecule has 0 atom stereocenters. The Morgan fingerprint density at radius 1 is 1.12 bits per heavy atom. The van der Waals surface area contributed by atoms with Crippen molar-refractivity contribution in [3.63, 3.8) is 0 Å². The molecule has 0 aliphatic heterocycles. The van der Waals surface area contributed by atoms with E-state index in [9.17, 15) is 9.18 Å². The number of thioether (sulfide) groups is 1. The highest BCUT2D eigenvalue weighted by atomic mass is 32.2. The second-order valence-corrected chi connectivity index (χ2v) is 6.62. The summed E-state index contributed by atoms with van der Waals surface area (Å²) in [5.74, 6) is 0.609. The van der Waals surface area contributed by atoms with Crippen LogP contribution < -0.4 is 0 Å². The molecule has 0 saturated carbocycles. The third kappa shape index (κ3) is 4.46. The summed E-state index contributed by atoms with van der Waals surface area (Å²) in [5, 5.41) is 9.17. The van der Waals surface area contributed by atoms with Crippen LogP contribution in [0.25, 0.3) is 0 Å². The lowest BCUT2D eigenvalue weighted by Gasteiger charge is -2.07. The fraction of sp³-hybridized carbons (Fsp3) is 0.150. The second kappa shape index (κ2) is 8.58. The zero-order chi connectivity index (χ0) is 18.4. The van der Waals surface area contributed by atoms with E-state index in [-0.39, 0.29) is 17.4 Å². The fourth-order valence-electron chi connectivity index (χ4n) is 2.50. The van der Waals surface area contributed by atoms with Crippen molar-refractivity contribution in [3.05, 3.63) is 90.0 Å². The molecule has 0 fully saturated rings. The molecule has 3 aromatic rings. The molecular weight excluding hydrogens is 349 g/mol. The molecule has 26 heavy (non-hydrogen) atoms. The van der Waals surface area contributed by atoms with Crippen LogP contribution in [0.1, 0.15) is 21.7 Å². The number of hydrogen-bond donors (Lipinski definition) is 0. The van der Waals surface area contributed by atoms with Gasteiger partial charge in [-0.15, -0.1) is 16.8 Å². The summed E-state index contributed by atoms with van der Waals surface area (Å²) >= 11 is 1.32. The van der Waals surface area contributed by atoms with Gasteiger partial charge in [-0.25, -0.2) is 4.39 Å². The predicted molar refractivity (Wildman–Crippen MR) is 101 cm³/mol. The van der Waals surface area contributed by atoms with Gasteiger partial charge in [-0.3, -0.25) is 4.79 Å². The Morgan fingerprint density at radius 3 is 2.54 bits per heavy atom. The van der Waals surface area contributed by atoms with Gasteiger partial charge in [0.1, 0.15) is 11.6 Å². The number of carbonyl (C=O) groups excluding carboxylic acids is 1. The molecule has 1 heterocycles. The van der Waals surface area contributed by atoms with Gasteiger partial charge in [-0.05, 0) is 29.8 Å². The van der Waals surface area contributed by atoms with Crippen molar-refractivity contribution < 1.29 is 9.18 Å². The zero-order valence-corrected chi connectivity index (χ0v) is 15.0. The van der Waals surface area contributed by atoms with E-state index in [0.29, 0.717) is 23.7 Å². The molecule has 3 rings (SSSR count). The van der Waals surface area contributed by atoms with Gasteiger partial charge in [0.2, 0.25) is 0 Å². The lowest BCUT2D eigenvalue weighted by molar-refractivity contribution is 0.102. The average Bonchev–Trinajstić information content (AvgIpc) is 3.03. The first-order valence-electron chi connectivity index (χ1n) is 8.16. The standard InChI is InChI=1S/C20H18FN3OS/c1-2-12-24-19(13-15-6-4-3-5-7-15)22-23-20(24)26-14-18(25)16-8-10-17(21)11-9-16/h2-11H,1,12-14H2. The third-order valence-corrected chi connectivity index (χ3v) is 4.78. The molecule has 2 aromatic carbocycles. The molecule has 0 unspecified atom stereocenters. The molecule has 0 aliphatic carbocycles. The molecule has 0 bridgehead atoms. The Kier molecular flexibility index (Phi) is 5.96. The highest BCUT2D eigenvalue weighted by molar-refractivity contribution is 7.99. The van der Waals surface area contributed by atoms with E-state index in [1.165, 1.54) is 36.0 Å². The first-order chi connectivity index (χ1) is 12.7. The van der Waals surface area contributed by atoms with Crippen LogP contribution in [-0.4, -0.2) is 26.3 Å². The highest BCUT2D eigenvalue weighted by Crippen LogP contribution is 2.20. The van der Waals surface area contributed by atoms with Crippen molar-refractivity contribution in [3.8, 4) is 0 Å². The Balaban J connectivity index is 1.72. The van der Waals surface area contributed by atoms with Gasteiger partial charge in [-0.2, -0.15) is 0 Å². The largest absolute Gasteiger partial charge is 0.302 e. The van der Waals surface area contributed by atoms with Crippen molar-refractivity contribution in [2.75, 3.05) is 5.75 Å². The summed E-state index contributed by atoms with van der Waals surface area (Å²) in [6, 6.07) is 15.6. The lowest BCUT2D eigenvalue weighted by atomic mass is 10.1. The van der Waals surface area contributed by atoms with E-state index in [0.717, 1.165) is 11.4 Å². The first-order valence-corrected chi connectivity index (χ1v) is 9.14. The second-order valence-electron chi connectivity index (χ2n) is 5.68. The van der Waals surface area contributed by atoms with E-state index >= 15 is 0 Å². The van der Waals surface area contributed by atoms with Crippen LogP contribution >= 0.6 is 11.8 Å².